The third-order valence-electron chi connectivity index (χ3n) is 3.50. The van der Waals surface area contributed by atoms with Gasteiger partial charge in [0.2, 0.25) is 5.91 Å². The average Bonchev–Trinajstić information content (AvgIpc) is 2.47. The highest BCUT2D eigenvalue weighted by molar-refractivity contribution is 9.10. The SMILES string of the molecule is O=C1Cc2ccccc2C(=O)N1Cc1cccc(F)c1Br. The summed E-state index contributed by atoms with van der Waals surface area (Å²) in [6.07, 6.45) is 0.189. The summed E-state index contributed by atoms with van der Waals surface area (Å²) < 4.78 is 13.8. The Morgan fingerprint density at radius 1 is 1.10 bits per heavy atom. The Morgan fingerprint density at radius 2 is 1.86 bits per heavy atom. The second kappa shape index (κ2) is 5.41. The number of halogens is 2. The lowest BCUT2D eigenvalue weighted by Gasteiger charge is -2.27. The molecule has 0 N–H and O–H groups in total. The van der Waals surface area contributed by atoms with Crippen molar-refractivity contribution in [2.45, 2.75) is 13.0 Å². The topological polar surface area (TPSA) is 37.4 Å². The molecule has 0 radical (unpaired) electrons. The van der Waals surface area contributed by atoms with Gasteiger partial charge in [0, 0.05) is 5.56 Å². The number of hydrogen-bond acceptors (Lipinski definition) is 2. The fourth-order valence-electron chi connectivity index (χ4n) is 2.40. The van der Waals surface area contributed by atoms with Gasteiger partial charge in [0.15, 0.2) is 0 Å². The minimum Gasteiger partial charge on any atom is -0.274 e. The van der Waals surface area contributed by atoms with Gasteiger partial charge in [0.25, 0.3) is 5.91 Å². The molecule has 0 atom stereocenters. The van der Waals surface area contributed by atoms with E-state index in [1.807, 2.05) is 0 Å². The summed E-state index contributed by atoms with van der Waals surface area (Å²) in [7, 11) is 0. The van der Waals surface area contributed by atoms with Gasteiger partial charge in [-0.1, -0.05) is 30.3 Å². The molecule has 0 aromatic heterocycles. The zero-order chi connectivity index (χ0) is 15.0. The molecule has 0 spiro atoms. The summed E-state index contributed by atoms with van der Waals surface area (Å²) >= 11 is 3.15. The number of rotatable bonds is 2. The number of hydrogen-bond donors (Lipinski definition) is 0. The van der Waals surface area contributed by atoms with Crippen molar-refractivity contribution in [1.29, 1.82) is 0 Å². The van der Waals surface area contributed by atoms with Gasteiger partial charge in [-0.25, -0.2) is 4.39 Å². The van der Waals surface area contributed by atoms with Crippen molar-refractivity contribution in [2.24, 2.45) is 0 Å². The summed E-state index contributed by atoms with van der Waals surface area (Å²) in [5, 5.41) is 0. The fourth-order valence-corrected chi connectivity index (χ4v) is 2.79. The van der Waals surface area contributed by atoms with Crippen LogP contribution in [-0.4, -0.2) is 16.7 Å². The van der Waals surface area contributed by atoms with Gasteiger partial charge in [-0.05, 0) is 39.2 Å². The van der Waals surface area contributed by atoms with Crippen molar-refractivity contribution in [3.63, 3.8) is 0 Å². The van der Waals surface area contributed by atoms with E-state index in [0.717, 1.165) is 5.56 Å². The molecule has 3 rings (SSSR count). The van der Waals surface area contributed by atoms with E-state index in [2.05, 4.69) is 15.9 Å². The summed E-state index contributed by atoms with van der Waals surface area (Å²) in [4.78, 5) is 25.8. The van der Waals surface area contributed by atoms with E-state index in [4.69, 9.17) is 0 Å². The van der Waals surface area contributed by atoms with Crippen molar-refractivity contribution in [3.8, 4) is 0 Å². The largest absolute Gasteiger partial charge is 0.274 e. The normalized spacial score (nSPS) is 14.3. The molecule has 2 amide bonds. The van der Waals surface area contributed by atoms with Crippen molar-refractivity contribution >= 4 is 27.7 Å². The number of nitrogens with zero attached hydrogens (tertiary/aromatic N) is 1. The molecule has 1 aliphatic rings. The Kier molecular flexibility index (Phi) is 3.59. The third-order valence-corrected chi connectivity index (χ3v) is 4.38. The van der Waals surface area contributed by atoms with Gasteiger partial charge in [0.05, 0.1) is 17.4 Å². The van der Waals surface area contributed by atoms with Crippen LogP contribution in [0.2, 0.25) is 0 Å². The van der Waals surface area contributed by atoms with E-state index < -0.39 is 5.82 Å². The Labute approximate surface area is 129 Å². The minimum absolute atomic E-state index is 0.0599. The van der Waals surface area contributed by atoms with Gasteiger partial charge in [-0.3, -0.25) is 14.5 Å². The van der Waals surface area contributed by atoms with Gasteiger partial charge < -0.3 is 0 Å². The number of carbonyl (C=O) groups excluding carboxylic acids is 2. The second-order valence-corrected chi connectivity index (χ2v) is 5.62. The number of fused-ring (bicyclic) bond motifs is 1. The second-order valence-electron chi connectivity index (χ2n) is 4.83. The molecule has 0 unspecified atom stereocenters. The number of carbonyl (C=O) groups is 2. The van der Waals surface area contributed by atoms with Crippen LogP contribution >= 0.6 is 15.9 Å². The predicted octanol–water partition coefficient (Wildman–Crippen LogP) is 3.31. The molecule has 5 heteroatoms. The minimum atomic E-state index is -0.412. The molecule has 2 aromatic rings. The van der Waals surface area contributed by atoms with E-state index >= 15 is 0 Å². The smallest absolute Gasteiger partial charge is 0.261 e. The van der Waals surface area contributed by atoms with Gasteiger partial charge in [-0.2, -0.15) is 0 Å². The molecule has 2 aromatic carbocycles. The fraction of sp³-hybridized carbons (Fsp3) is 0.125. The highest BCUT2D eigenvalue weighted by Crippen LogP contribution is 2.25. The van der Waals surface area contributed by atoms with Crippen molar-refractivity contribution in [1.82, 2.24) is 4.90 Å². The summed E-state index contributed by atoms with van der Waals surface area (Å²) in [6.45, 7) is 0.0599. The Hall–Kier alpha value is -2.01. The maximum absolute atomic E-state index is 13.5. The lowest BCUT2D eigenvalue weighted by Crippen LogP contribution is -2.41. The first-order valence-corrected chi connectivity index (χ1v) is 7.22. The number of imide groups is 1. The lowest BCUT2D eigenvalue weighted by molar-refractivity contribution is -0.128. The zero-order valence-electron chi connectivity index (χ0n) is 11.0. The molecular weight excluding hydrogens is 337 g/mol. The molecule has 0 fully saturated rings. The average molecular weight is 348 g/mol. The molecule has 21 heavy (non-hydrogen) atoms. The Balaban J connectivity index is 1.95. The van der Waals surface area contributed by atoms with Crippen LogP contribution in [0, 0.1) is 5.82 Å². The first-order valence-electron chi connectivity index (χ1n) is 6.43. The third kappa shape index (κ3) is 2.49. The molecule has 0 saturated heterocycles. The van der Waals surface area contributed by atoms with Gasteiger partial charge in [0.1, 0.15) is 5.82 Å². The predicted molar refractivity (Wildman–Crippen MR) is 79.1 cm³/mol. The highest BCUT2D eigenvalue weighted by atomic mass is 79.9. The van der Waals surface area contributed by atoms with Gasteiger partial charge >= 0.3 is 0 Å². The lowest BCUT2D eigenvalue weighted by atomic mass is 9.98. The monoisotopic (exact) mass is 347 g/mol. The van der Waals surface area contributed by atoms with Crippen LogP contribution in [0.1, 0.15) is 21.5 Å². The van der Waals surface area contributed by atoms with Crippen LogP contribution in [0.3, 0.4) is 0 Å². The maximum atomic E-state index is 13.5. The summed E-state index contributed by atoms with van der Waals surface area (Å²) in [5.74, 6) is -1.02. The van der Waals surface area contributed by atoms with Crippen molar-refractivity contribution < 1.29 is 14.0 Å². The molecule has 106 valence electrons. The number of benzene rings is 2. The van der Waals surface area contributed by atoms with Crippen LogP contribution < -0.4 is 0 Å². The van der Waals surface area contributed by atoms with Crippen molar-refractivity contribution in [3.05, 3.63) is 69.4 Å². The van der Waals surface area contributed by atoms with E-state index in [9.17, 15) is 14.0 Å². The Bertz CT molecular complexity index is 745. The molecule has 3 nitrogen and oxygen atoms in total. The zero-order valence-corrected chi connectivity index (χ0v) is 12.6. The standard InChI is InChI=1S/C16H11BrFNO2/c17-15-11(5-3-7-13(15)18)9-19-14(20)8-10-4-1-2-6-12(10)16(19)21/h1-7H,8-9H2. The van der Waals surface area contributed by atoms with E-state index in [1.54, 1.807) is 36.4 Å². The van der Waals surface area contributed by atoms with Crippen LogP contribution in [0.15, 0.2) is 46.9 Å². The van der Waals surface area contributed by atoms with E-state index in [0.29, 0.717) is 11.1 Å². The molecule has 1 aliphatic heterocycles. The number of amides is 2. The van der Waals surface area contributed by atoms with Crippen LogP contribution in [0.5, 0.6) is 0 Å². The first-order chi connectivity index (χ1) is 10.1. The van der Waals surface area contributed by atoms with Crippen LogP contribution in [-0.2, 0) is 17.8 Å². The molecule has 0 aliphatic carbocycles. The summed E-state index contributed by atoms with van der Waals surface area (Å²) in [5.41, 5.74) is 1.84. The molecule has 1 heterocycles. The maximum Gasteiger partial charge on any atom is 0.261 e. The Morgan fingerprint density at radius 3 is 2.67 bits per heavy atom. The molecular formula is C16H11BrFNO2. The van der Waals surface area contributed by atoms with Crippen LogP contribution in [0.25, 0.3) is 0 Å². The van der Waals surface area contributed by atoms with Crippen LogP contribution in [0.4, 0.5) is 4.39 Å². The molecule has 0 bridgehead atoms. The van der Waals surface area contributed by atoms with E-state index in [-0.39, 0.29) is 29.3 Å². The first kappa shape index (κ1) is 13.9. The highest BCUT2D eigenvalue weighted by Gasteiger charge is 2.31. The molecule has 0 saturated carbocycles. The summed E-state index contributed by atoms with van der Waals surface area (Å²) in [6, 6.07) is 11.6. The van der Waals surface area contributed by atoms with E-state index in [1.165, 1.54) is 11.0 Å². The van der Waals surface area contributed by atoms with Crippen molar-refractivity contribution in [2.75, 3.05) is 0 Å². The quantitative estimate of drug-likeness (QED) is 0.781. The van der Waals surface area contributed by atoms with Gasteiger partial charge in [-0.15, -0.1) is 0 Å².